The van der Waals surface area contributed by atoms with Gasteiger partial charge in [0.05, 0.1) is 34.4 Å². The molecule has 44 heavy (non-hydrogen) atoms. The highest BCUT2D eigenvalue weighted by Gasteiger charge is 2.27. The molecule has 0 aliphatic carbocycles. The lowest BCUT2D eigenvalue weighted by atomic mass is 10.0. The van der Waals surface area contributed by atoms with Gasteiger partial charge in [0, 0.05) is 46.9 Å². The number of para-hydroxylation sites is 1. The lowest BCUT2D eigenvalue weighted by Gasteiger charge is -2.13. The number of benzene rings is 1. The highest BCUT2D eigenvalue weighted by Crippen LogP contribution is 2.43. The van der Waals surface area contributed by atoms with Crippen LogP contribution in [0.1, 0.15) is 56.2 Å². The first-order chi connectivity index (χ1) is 21.0. The lowest BCUT2D eigenvalue weighted by Crippen LogP contribution is -2.17. The third-order valence-corrected chi connectivity index (χ3v) is 8.88. The molecular weight excluding hydrogens is 586 g/mol. The number of anilines is 1. The number of nitrogens with two attached hydrogens (primary N) is 1. The van der Waals surface area contributed by atoms with Gasteiger partial charge in [0.25, 0.3) is 18.2 Å². The van der Waals surface area contributed by atoms with Gasteiger partial charge in [0.1, 0.15) is 15.4 Å². The topological polar surface area (TPSA) is 134 Å². The number of carbonyl (C=O) groups excluding carboxylic acids is 2. The van der Waals surface area contributed by atoms with Gasteiger partial charge in [-0.2, -0.15) is 10.2 Å². The van der Waals surface area contributed by atoms with Gasteiger partial charge in [-0.25, -0.2) is 18.7 Å². The SMILES string of the molecule is CCn1ncc(-c2cc(C(F)F)nc3sc(C(N)=O)c(NC(=O)c4cc(-c5c(C)nn(C)c5C)nc5ccccc45)c23)c1C. The van der Waals surface area contributed by atoms with Gasteiger partial charge >= 0.3 is 0 Å². The Hall–Kier alpha value is -5.04. The first kappa shape index (κ1) is 29.1. The van der Waals surface area contributed by atoms with Crippen LogP contribution < -0.4 is 11.1 Å². The molecule has 3 N–H and O–H groups in total. The zero-order valence-electron chi connectivity index (χ0n) is 24.6. The molecule has 0 saturated heterocycles. The van der Waals surface area contributed by atoms with Crippen molar-refractivity contribution >= 4 is 50.0 Å². The molecule has 6 aromatic rings. The van der Waals surface area contributed by atoms with Gasteiger partial charge < -0.3 is 11.1 Å². The first-order valence-electron chi connectivity index (χ1n) is 13.8. The molecule has 0 unspecified atom stereocenters. The molecule has 224 valence electrons. The molecule has 0 radical (unpaired) electrons. The van der Waals surface area contributed by atoms with Crippen LogP contribution in [0.5, 0.6) is 0 Å². The van der Waals surface area contributed by atoms with Crippen molar-refractivity contribution in [1.82, 2.24) is 29.5 Å². The molecule has 5 heterocycles. The molecule has 10 nitrogen and oxygen atoms in total. The van der Waals surface area contributed by atoms with Crippen molar-refractivity contribution in [3.63, 3.8) is 0 Å². The minimum absolute atomic E-state index is 0.00779. The Morgan fingerprint density at radius 3 is 2.45 bits per heavy atom. The maximum absolute atomic E-state index is 14.2. The number of rotatable bonds is 7. The average Bonchev–Trinajstić information content (AvgIpc) is 3.63. The van der Waals surface area contributed by atoms with Gasteiger partial charge in [0.2, 0.25) is 0 Å². The van der Waals surface area contributed by atoms with Crippen molar-refractivity contribution in [2.24, 2.45) is 12.8 Å². The molecule has 0 bridgehead atoms. The standard InChI is InChI=1S/C31H28F2N8O2S/c1-6-41-15(3)20(13-35-41)18-11-23(28(32)33)37-31-25(18)26(27(44-31)29(34)42)38-30(43)19-12-22(24-14(2)39-40(5)16(24)4)36-21-10-8-7-9-17(19)21/h7-13,28H,6H2,1-5H3,(H2,34,42)(H,38,43). The summed E-state index contributed by atoms with van der Waals surface area (Å²) in [5.74, 6) is -1.35. The molecule has 0 aliphatic rings. The number of pyridine rings is 2. The fraction of sp³-hybridized carbons (Fsp3) is 0.226. The maximum atomic E-state index is 14.2. The summed E-state index contributed by atoms with van der Waals surface area (Å²) >= 11 is 0.854. The van der Waals surface area contributed by atoms with Crippen molar-refractivity contribution in [3.05, 3.63) is 75.8 Å². The molecule has 0 aliphatic heterocycles. The summed E-state index contributed by atoms with van der Waals surface area (Å²) in [6.45, 7) is 8.11. The number of primary amides is 1. The Morgan fingerprint density at radius 1 is 1.07 bits per heavy atom. The number of hydrogen-bond donors (Lipinski definition) is 2. The Bertz CT molecular complexity index is 2130. The summed E-state index contributed by atoms with van der Waals surface area (Å²) in [7, 11) is 1.84. The van der Waals surface area contributed by atoms with Crippen LogP contribution in [-0.2, 0) is 13.6 Å². The normalized spacial score (nSPS) is 11.6. The molecule has 0 atom stereocenters. The van der Waals surface area contributed by atoms with Crippen LogP contribution in [0, 0.1) is 20.8 Å². The fourth-order valence-corrected chi connectivity index (χ4v) is 6.59. The van der Waals surface area contributed by atoms with E-state index in [1.54, 1.807) is 33.8 Å². The van der Waals surface area contributed by atoms with Gasteiger partial charge in [-0.3, -0.25) is 19.0 Å². The number of nitrogens with zero attached hydrogens (tertiary/aromatic N) is 6. The van der Waals surface area contributed by atoms with Gasteiger partial charge in [0.15, 0.2) is 0 Å². The second kappa shape index (κ2) is 10.9. The van der Waals surface area contributed by atoms with E-state index in [0.717, 1.165) is 34.0 Å². The molecule has 0 fully saturated rings. The molecule has 2 amide bonds. The summed E-state index contributed by atoms with van der Waals surface area (Å²) in [6.07, 6.45) is -1.28. The van der Waals surface area contributed by atoms with Gasteiger partial charge in [-0.1, -0.05) is 18.2 Å². The van der Waals surface area contributed by atoms with Crippen molar-refractivity contribution in [1.29, 1.82) is 0 Å². The van der Waals surface area contributed by atoms with Crippen molar-refractivity contribution in [3.8, 4) is 22.4 Å². The molecule has 0 saturated carbocycles. The van der Waals surface area contributed by atoms with E-state index in [1.165, 1.54) is 6.07 Å². The molecule has 5 aromatic heterocycles. The highest BCUT2D eigenvalue weighted by molar-refractivity contribution is 7.21. The summed E-state index contributed by atoms with van der Waals surface area (Å²) in [4.78, 5) is 36.0. The maximum Gasteiger partial charge on any atom is 0.280 e. The van der Waals surface area contributed by atoms with E-state index in [9.17, 15) is 18.4 Å². The number of hydrogen-bond acceptors (Lipinski definition) is 7. The Kier molecular flexibility index (Phi) is 7.20. The van der Waals surface area contributed by atoms with E-state index in [0.29, 0.717) is 45.2 Å². The van der Waals surface area contributed by atoms with E-state index < -0.39 is 23.9 Å². The van der Waals surface area contributed by atoms with Crippen molar-refractivity contribution in [2.75, 3.05) is 5.32 Å². The van der Waals surface area contributed by atoms with Crippen LogP contribution in [0.25, 0.3) is 43.5 Å². The van der Waals surface area contributed by atoms with Crippen molar-refractivity contribution < 1.29 is 18.4 Å². The molecule has 1 aromatic carbocycles. The predicted molar refractivity (Wildman–Crippen MR) is 166 cm³/mol. The van der Waals surface area contributed by atoms with Crippen LogP contribution >= 0.6 is 11.3 Å². The Balaban J connectivity index is 1.58. The summed E-state index contributed by atoms with van der Waals surface area (Å²) < 4.78 is 31.5. The van der Waals surface area contributed by atoms with E-state index in [4.69, 9.17) is 10.7 Å². The average molecular weight is 615 g/mol. The smallest absolute Gasteiger partial charge is 0.280 e. The number of carbonyl (C=O) groups is 2. The Morgan fingerprint density at radius 2 is 1.82 bits per heavy atom. The number of nitrogens with one attached hydrogen (secondary N) is 1. The fourth-order valence-electron chi connectivity index (χ4n) is 5.58. The number of thiophene rings is 1. The highest BCUT2D eigenvalue weighted by atomic mass is 32.1. The number of aryl methyl sites for hydroxylation is 3. The summed E-state index contributed by atoms with van der Waals surface area (Å²) in [5, 5.41) is 12.7. The van der Waals surface area contributed by atoms with Crippen molar-refractivity contribution in [2.45, 2.75) is 40.7 Å². The number of fused-ring (bicyclic) bond motifs is 2. The number of alkyl halides is 2. The van der Waals surface area contributed by atoms with E-state index in [1.807, 2.05) is 46.9 Å². The van der Waals surface area contributed by atoms with Crippen LogP contribution in [0.4, 0.5) is 14.5 Å². The minimum atomic E-state index is -2.86. The molecule has 13 heteroatoms. The third-order valence-electron chi connectivity index (χ3n) is 7.79. The lowest BCUT2D eigenvalue weighted by molar-refractivity contribution is 0.100. The van der Waals surface area contributed by atoms with Gasteiger partial charge in [-0.05, 0) is 51.5 Å². The first-order valence-corrected chi connectivity index (χ1v) is 14.6. The largest absolute Gasteiger partial charge is 0.365 e. The monoisotopic (exact) mass is 614 g/mol. The van der Waals surface area contributed by atoms with Crippen LogP contribution in [0.3, 0.4) is 0 Å². The number of aromatic nitrogens is 6. The Labute approximate surface area is 254 Å². The summed E-state index contributed by atoms with van der Waals surface area (Å²) in [5.41, 5.74) is 11.0. The minimum Gasteiger partial charge on any atom is -0.365 e. The molecule has 0 spiro atoms. The zero-order chi connectivity index (χ0) is 31.4. The van der Waals surface area contributed by atoms with E-state index in [-0.39, 0.29) is 15.4 Å². The van der Waals surface area contributed by atoms with E-state index in [2.05, 4.69) is 20.5 Å². The zero-order valence-corrected chi connectivity index (χ0v) is 25.4. The summed E-state index contributed by atoms with van der Waals surface area (Å²) in [6, 6.07) is 10.2. The van der Waals surface area contributed by atoms with E-state index >= 15 is 0 Å². The van der Waals surface area contributed by atoms with Crippen LogP contribution in [0.15, 0.2) is 42.6 Å². The molecular formula is C31H28F2N8O2S. The van der Waals surface area contributed by atoms with Crippen LogP contribution in [0.2, 0.25) is 0 Å². The third kappa shape index (κ3) is 4.69. The van der Waals surface area contributed by atoms with Crippen LogP contribution in [-0.4, -0.2) is 41.3 Å². The molecule has 6 rings (SSSR count). The number of halogens is 2. The predicted octanol–water partition coefficient (Wildman–Crippen LogP) is 6.34. The van der Waals surface area contributed by atoms with Gasteiger partial charge in [-0.15, -0.1) is 11.3 Å². The quantitative estimate of drug-likeness (QED) is 0.216. The second-order valence-electron chi connectivity index (χ2n) is 10.4. The second-order valence-corrected chi connectivity index (χ2v) is 11.4. The number of amides is 2.